The van der Waals surface area contributed by atoms with Crippen LogP contribution in [0.3, 0.4) is 0 Å². The lowest BCUT2D eigenvalue weighted by Gasteiger charge is -2.06. The van der Waals surface area contributed by atoms with Crippen molar-refractivity contribution in [3.8, 4) is 0 Å². The molecule has 1 amide bonds. The van der Waals surface area contributed by atoms with Gasteiger partial charge in [0, 0.05) is 19.4 Å². The van der Waals surface area contributed by atoms with Crippen molar-refractivity contribution in [2.45, 2.75) is 26.7 Å². The van der Waals surface area contributed by atoms with Gasteiger partial charge in [-0.05, 0) is 6.92 Å². The van der Waals surface area contributed by atoms with Crippen LogP contribution in [0.25, 0.3) is 0 Å². The summed E-state index contributed by atoms with van der Waals surface area (Å²) in [6.45, 7) is 5.78. The average Bonchev–Trinajstić information content (AvgIpc) is 2.26. The van der Waals surface area contributed by atoms with E-state index in [-0.39, 0.29) is 11.7 Å². The molecule has 1 N–H and O–H groups in total. The minimum absolute atomic E-state index is 0.0290. The standard InChI is InChI=1S/C11H21NO4/c1-3-11(14)12-5-7-16-9-8-15-6-4-10(2)13/h3-9H2,1-2H3,(H,12,14). The first kappa shape index (κ1) is 15.1. The van der Waals surface area contributed by atoms with Gasteiger partial charge in [-0.3, -0.25) is 9.59 Å². The van der Waals surface area contributed by atoms with Gasteiger partial charge < -0.3 is 14.8 Å². The number of ether oxygens (including phenoxy) is 2. The molecule has 0 radical (unpaired) electrons. The number of hydrogen-bond donors (Lipinski definition) is 1. The second kappa shape index (κ2) is 10.6. The maximum absolute atomic E-state index is 10.8. The molecule has 0 rings (SSSR count). The van der Waals surface area contributed by atoms with Gasteiger partial charge >= 0.3 is 0 Å². The molecule has 5 heteroatoms. The van der Waals surface area contributed by atoms with Gasteiger partial charge in [0.2, 0.25) is 5.91 Å². The summed E-state index contributed by atoms with van der Waals surface area (Å²) in [5.41, 5.74) is 0. The van der Waals surface area contributed by atoms with E-state index in [0.29, 0.717) is 45.8 Å². The number of amides is 1. The van der Waals surface area contributed by atoms with Gasteiger partial charge in [-0.1, -0.05) is 6.92 Å². The van der Waals surface area contributed by atoms with Gasteiger partial charge in [-0.15, -0.1) is 0 Å². The molecule has 0 bridgehead atoms. The van der Waals surface area contributed by atoms with Gasteiger partial charge in [-0.2, -0.15) is 0 Å². The van der Waals surface area contributed by atoms with Crippen LogP contribution >= 0.6 is 0 Å². The molecule has 5 nitrogen and oxygen atoms in total. The molecule has 0 fully saturated rings. The van der Waals surface area contributed by atoms with Crippen molar-refractivity contribution in [2.75, 3.05) is 33.0 Å². The summed E-state index contributed by atoms with van der Waals surface area (Å²) in [6.07, 6.45) is 0.945. The van der Waals surface area contributed by atoms with Crippen LogP contribution in [-0.4, -0.2) is 44.7 Å². The number of ketones is 1. The Morgan fingerprint density at radius 1 is 1.06 bits per heavy atom. The maximum Gasteiger partial charge on any atom is 0.219 e. The summed E-state index contributed by atoms with van der Waals surface area (Å²) in [6, 6.07) is 0. The zero-order chi connectivity index (χ0) is 12.2. The Bertz CT molecular complexity index is 206. The highest BCUT2D eigenvalue weighted by Gasteiger charge is 1.96. The number of carbonyl (C=O) groups excluding carboxylic acids is 2. The van der Waals surface area contributed by atoms with Crippen LogP contribution < -0.4 is 5.32 Å². The van der Waals surface area contributed by atoms with Crippen LogP contribution in [-0.2, 0) is 19.1 Å². The molecule has 0 spiro atoms. The molecule has 0 atom stereocenters. The highest BCUT2D eigenvalue weighted by molar-refractivity contribution is 5.75. The highest BCUT2D eigenvalue weighted by atomic mass is 16.5. The molecule has 0 aliphatic heterocycles. The normalized spacial score (nSPS) is 10.1. The van der Waals surface area contributed by atoms with E-state index in [9.17, 15) is 9.59 Å². The van der Waals surface area contributed by atoms with Crippen LogP contribution in [0, 0.1) is 0 Å². The van der Waals surface area contributed by atoms with Crippen LogP contribution in [0.1, 0.15) is 26.7 Å². The van der Waals surface area contributed by atoms with Crippen LogP contribution in [0.5, 0.6) is 0 Å². The van der Waals surface area contributed by atoms with Crippen LogP contribution in [0.15, 0.2) is 0 Å². The van der Waals surface area contributed by atoms with Crippen molar-refractivity contribution in [1.82, 2.24) is 5.32 Å². The summed E-state index contributed by atoms with van der Waals surface area (Å²) in [4.78, 5) is 21.4. The quantitative estimate of drug-likeness (QED) is 0.557. The molecule has 16 heavy (non-hydrogen) atoms. The summed E-state index contributed by atoms with van der Waals surface area (Å²) in [5, 5.41) is 2.70. The first-order valence-electron chi connectivity index (χ1n) is 5.58. The third-order valence-electron chi connectivity index (χ3n) is 1.86. The predicted octanol–water partition coefficient (Wildman–Crippen LogP) is 0.525. The van der Waals surface area contributed by atoms with Crippen molar-refractivity contribution >= 4 is 11.7 Å². The van der Waals surface area contributed by atoms with Gasteiger partial charge in [0.1, 0.15) is 5.78 Å². The second-order valence-electron chi connectivity index (χ2n) is 3.38. The predicted molar refractivity (Wildman–Crippen MR) is 60.2 cm³/mol. The molecule has 0 saturated heterocycles. The first-order valence-corrected chi connectivity index (χ1v) is 5.58. The van der Waals surface area contributed by atoms with E-state index >= 15 is 0 Å². The van der Waals surface area contributed by atoms with Crippen LogP contribution in [0.4, 0.5) is 0 Å². The Morgan fingerprint density at radius 3 is 2.25 bits per heavy atom. The Labute approximate surface area is 96.5 Å². The van der Waals surface area contributed by atoms with E-state index in [1.807, 2.05) is 0 Å². The monoisotopic (exact) mass is 231 g/mol. The van der Waals surface area contributed by atoms with Crippen molar-refractivity contribution < 1.29 is 19.1 Å². The maximum atomic E-state index is 10.8. The molecular formula is C11H21NO4. The summed E-state index contributed by atoms with van der Waals surface area (Å²) in [7, 11) is 0. The summed E-state index contributed by atoms with van der Waals surface area (Å²) >= 11 is 0. The molecule has 0 aliphatic carbocycles. The van der Waals surface area contributed by atoms with E-state index in [4.69, 9.17) is 9.47 Å². The number of nitrogens with one attached hydrogen (secondary N) is 1. The number of Topliss-reactive ketones (excluding diaryl/α,β-unsaturated/α-hetero) is 1. The van der Waals surface area contributed by atoms with Gasteiger partial charge in [0.05, 0.1) is 26.4 Å². The molecule has 0 heterocycles. The SMILES string of the molecule is CCC(=O)NCCOCCOCCC(C)=O. The average molecular weight is 231 g/mol. The molecule has 0 aromatic heterocycles. The fourth-order valence-corrected chi connectivity index (χ4v) is 0.925. The Balaban J connectivity index is 3.04. The Morgan fingerprint density at radius 2 is 1.69 bits per heavy atom. The van der Waals surface area contributed by atoms with Crippen LogP contribution in [0.2, 0.25) is 0 Å². The second-order valence-corrected chi connectivity index (χ2v) is 3.38. The number of hydrogen-bond acceptors (Lipinski definition) is 4. The van der Waals surface area contributed by atoms with Crippen molar-refractivity contribution in [3.63, 3.8) is 0 Å². The zero-order valence-electron chi connectivity index (χ0n) is 10.1. The third-order valence-corrected chi connectivity index (χ3v) is 1.86. The van der Waals surface area contributed by atoms with Gasteiger partial charge in [0.25, 0.3) is 0 Å². The zero-order valence-corrected chi connectivity index (χ0v) is 10.1. The lowest BCUT2D eigenvalue weighted by Crippen LogP contribution is -2.26. The number of carbonyl (C=O) groups is 2. The Hall–Kier alpha value is -0.940. The van der Waals surface area contributed by atoms with Crippen molar-refractivity contribution in [3.05, 3.63) is 0 Å². The molecule has 0 saturated carbocycles. The van der Waals surface area contributed by atoms with E-state index in [0.717, 1.165) is 0 Å². The minimum atomic E-state index is 0.0290. The van der Waals surface area contributed by atoms with Gasteiger partial charge in [-0.25, -0.2) is 0 Å². The molecular weight excluding hydrogens is 210 g/mol. The van der Waals surface area contributed by atoms with E-state index in [1.165, 1.54) is 6.92 Å². The van der Waals surface area contributed by atoms with E-state index < -0.39 is 0 Å². The minimum Gasteiger partial charge on any atom is -0.379 e. The van der Waals surface area contributed by atoms with E-state index in [2.05, 4.69) is 5.32 Å². The topological polar surface area (TPSA) is 64.6 Å². The fraction of sp³-hybridized carbons (Fsp3) is 0.818. The summed E-state index contributed by atoms with van der Waals surface area (Å²) in [5.74, 6) is 0.157. The largest absolute Gasteiger partial charge is 0.379 e. The molecule has 94 valence electrons. The lowest BCUT2D eigenvalue weighted by molar-refractivity contribution is -0.121. The van der Waals surface area contributed by atoms with Crippen molar-refractivity contribution in [1.29, 1.82) is 0 Å². The Kier molecular flexibility index (Phi) is 9.95. The lowest BCUT2D eigenvalue weighted by atomic mass is 10.3. The fourth-order valence-electron chi connectivity index (χ4n) is 0.925. The number of rotatable bonds is 10. The van der Waals surface area contributed by atoms with Gasteiger partial charge in [0.15, 0.2) is 0 Å². The first-order chi connectivity index (χ1) is 7.66. The smallest absolute Gasteiger partial charge is 0.219 e. The van der Waals surface area contributed by atoms with Crippen molar-refractivity contribution in [2.24, 2.45) is 0 Å². The molecule has 0 unspecified atom stereocenters. The van der Waals surface area contributed by atoms with E-state index in [1.54, 1.807) is 6.92 Å². The highest BCUT2D eigenvalue weighted by Crippen LogP contribution is 1.85. The summed E-state index contributed by atoms with van der Waals surface area (Å²) < 4.78 is 10.4. The third kappa shape index (κ3) is 11.1. The molecule has 0 aliphatic rings. The molecule has 0 aromatic rings. The molecule has 0 aromatic carbocycles.